The van der Waals surface area contributed by atoms with Crippen LogP contribution in [-0.4, -0.2) is 29.6 Å². The number of carbonyl (C=O) groups excluding carboxylic acids is 1. The van der Waals surface area contributed by atoms with Crippen LogP contribution in [0.15, 0.2) is 0 Å². The molecule has 1 aliphatic rings. The number of hydrogen-bond donors (Lipinski definition) is 0. The molecule has 0 spiro atoms. The van der Waals surface area contributed by atoms with E-state index in [-0.39, 0.29) is 18.4 Å². The Morgan fingerprint density at radius 3 is 3.08 bits per heavy atom. The fourth-order valence-corrected chi connectivity index (χ4v) is 1.59. The van der Waals surface area contributed by atoms with Gasteiger partial charge in [-0.1, -0.05) is 0 Å². The molecule has 0 saturated carbocycles. The van der Waals surface area contributed by atoms with E-state index in [1.54, 1.807) is 0 Å². The quantitative estimate of drug-likeness (QED) is 0.367. The number of hydroxylamine groups is 1. The lowest BCUT2D eigenvalue weighted by Gasteiger charge is -2.22. The van der Waals surface area contributed by atoms with Gasteiger partial charge in [0.05, 0.1) is 7.11 Å². The van der Waals surface area contributed by atoms with Crippen molar-refractivity contribution in [1.82, 2.24) is 0 Å². The highest BCUT2D eigenvalue weighted by Gasteiger charge is 2.26. The maximum atomic E-state index is 11.4. The molecule has 1 unspecified atom stereocenters. The van der Waals surface area contributed by atoms with Crippen molar-refractivity contribution in [1.29, 1.82) is 0 Å². The second-order valence-corrected chi connectivity index (χ2v) is 3.39. The molecule has 0 bridgehead atoms. The molecule has 1 rings (SSSR count). The molecular weight excluding hydrogens is 170 g/mol. The van der Waals surface area contributed by atoms with Crippen molar-refractivity contribution in [3.05, 3.63) is 5.21 Å². The molecule has 1 aliphatic heterocycles. The van der Waals surface area contributed by atoms with Crippen LogP contribution in [0.3, 0.4) is 0 Å². The first-order chi connectivity index (χ1) is 6.15. The van der Waals surface area contributed by atoms with Crippen LogP contribution in [0.2, 0.25) is 0 Å². The summed E-state index contributed by atoms with van der Waals surface area (Å²) in [5.74, 6) is -0.305. The molecule has 0 amide bonds. The summed E-state index contributed by atoms with van der Waals surface area (Å²) in [4.78, 5) is 10.9. The lowest BCUT2D eigenvalue weighted by molar-refractivity contribution is -0.507. The van der Waals surface area contributed by atoms with Crippen LogP contribution in [0, 0.1) is 5.21 Å². The Morgan fingerprint density at radius 2 is 2.46 bits per heavy atom. The number of hydrogen-bond acceptors (Lipinski definition) is 3. The van der Waals surface area contributed by atoms with Gasteiger partial charge < -0.3 is 9.94 Å². The highest BCUT2D eigenvalue weighted by atomic mass is 16.5. The predicted molar refractivity (Wildman–Crippen MR) is 48.6 cm³/mol. The monoisotopic (exact) mass is 185 g/mol. The Morgan fingerprint density at radius 1 is 1.77 bits per heavy atom. The van der Waals surface area contributed by atoms with Crippen LogP contribution < -0.4 is 0 Å². The lowest BCUT2D eigenvalue weighted by Crippen LogP contribution is -2.32. The van der Waals surface area contributed by atoms with E-state index in [0.717, 1.165) is 29.7 Å². The van der Waals surface area contributed by atoms with Crippen LogP contribution in [0.25, 0.3) is 0 Å². The van der Waals surface area contributed by atoms with E-state index in [1.807, 2.05) is 6.92 Å². The van der Waals surface area contributed by atoms with Gasteiger partial charge in [0.2, 0.25) is 0 Å². The van der Waals surface area contributed by atoms with E-state index in [1.165, 1.54) is 7.11 Å². The van der Waals surface area contributed by atoms with E-state index in [9.17, 15) is 10.0 Å². The van der Waals surface area contributed by atoms with Gasteiger partial charge >= 0.3 is 5.97 Å². The number of methoxy groups -OCH3 is 1. The van der Waals surface area contributed by atoms with Crippen molar-refractivity contribution in [2.24, 2.45) is 0 Å². The Kier molecular flexibility index (Phi) is 3.28. The van der Waals surface area contributed by atoms with E-state index in [2.05, 4.69) is 4.74 Å². The van der Waals surface area contributed by atoms with Gasteiger partial charge in [-0.2, -0.15) is 0 Å². The molecule has 0 aromatic heterocycles. The summed E-state index contributed by atoms with van der Waals surface area (Å²) < 4.78 is 5.48. The first kappa shape index (κ1) is 10.0. The fraction of sp³-hybridized carbons (Fsp3) is 0.778. The van der Waals surface area contributed by atoms with E-state index in [0.29, 0.717) is 0 Å². The smallest absolute Gasteiger partial charge is 0.312 e. The topological polar surface area (TPSA) is 52.4 Å². The van der Waals surface area contributed by atoms with Crippen LogP contribution >= 0.6 is 0 Å². The number of esters is 1. The van der Waals surface area contributed by atoms with Crippen molar-refractivity contribution >= 4 is 11.7 Å². The molecule has 1 heterocycles. The first-order valence-corrected chi connectivity index (χ1v) is 4.50. The first-order valence-electron chi connectivity index (χ1n) is 4.50. The Balaban J connectivity index is 2.59. The number of rotatable bonds is 2. The highest BCUT2D eigenvalue weighted by molar-refractivity contribution is 5.77. The number of nitrogens with zero attached hydrogens (tertiary/aromatic N) is 1. The molecule has 74 valence electrons. The maximum Gasteiger partial charge on any atom is 0.312 e. The van der Waals surface area contributed by atoms with Crippen LogP contribution in [0.5, 0.6) is 0 Å². The lowest BCUT2D eigenvalue weighted by atomic mass is 10.0. The second kappa shape index (κ2) is 4.25. The molecule has 0 fully saturated rings. The summed E-state index contributed by atoms with van der Waals surface area (Å²) in [6.07, 6.45) is 2.83. The van der Waals surface area contributed by atoms with Gasteiger partial charge in [-0.15, -0.1) is 0 Å². The zero-order valence-corrected chi connectivity index (χ0v) is 8.08. The van der Waals surface area contributed by atoms with Crippen LogP contribution in [-0.2, 0) is 9.53 Å². The normalized spacial score (nSPS) is 23.1. The standard InChI is InChI=1S/C9H15NO3/c1-7-4-3-5-8(10(7)12)6-9(11)13-2/h8H,3-6H2,1-2H3. The van der Waals surface area contributed by atoms with E-state index < -0.39 is 0 Å². The molecule has 4 heteroatoms. The minimum absolute atomic E-state index is 0.206. The molecule has 0 aromatic rings. The zero-order chi connectivity index (χ0) is 9.84. The molecular formula is C9H15NO3. The maximum absolute atomic E-state index is 11.4. The van der Waals surface area contributed by atoms with Gasteiger partial charge in [0.25, 0.3) is 0 Å². The van der Waals surface area contributed by atoms with Crippen molar-refractivity contribution in [2.45, 2.75) is 38.6 Å². The van der Waals surface area contributed by atoms with Crippen molar-refractivity contribution in [2.75, 3.05) is 7.11 Å². The van der Waals surface area contributed by atoms with Gasteiger partial charge in [0, 0.05) is 19.8 Å². The molecule has 0 saturated heterocycles. The summed E-state index contributed by atoms with van der Waals surface area (Å²) in [5, 5.41) is 11.4. The Hall–Kier alpha value is -1.06. The van der Waals surface area contributed by atoms with Gasteiger partial charge in [-0.05, 0) is 6.42 Å². The Bertz CT molecular complexity index is 235. The second-order valence-electron chi connectivity index (χ2n) is 3.39. The molecule has 0 radical (unpaired) electrons. The van der Waals surface area contributed by atoms with E-state index in [4.69, 9.17) is 0 Å². The average Bonchev–Trinajstić information content (AvgIpc) is 2.13. The fourth-order valence-electron chi connectivity index (χ4n) is 1.59. The predicted octanol–water partition coefficient (Wildman–Crippen LogP) is 1.07. The number of ether oxygens (including phenoxy) is 1. The summed E-state index contributed by atoms with van der Waals surface area (Å²) in [5.41, 5.74) is 0.820. The van der Waals surface area contributed by atoms with Crippen molar-refractivity contribution in [3.8, 4) is 0 Å². The summed E-state index contributed by atoms with van der Waals surface area (Å²) in [6.45, 7) is 1.82. The van der Waals surface area contributed by atoms with Gasteiger partial charge in [-0.25, -0.2) is 4.74 Å². The van der Waals surface area contributed by atoms with Gasteiger partial charge in [-0.3, -0.25) is 4.79 Å². The minimum atomic E-state index is -0.305. The van der Waals surface area contributed by atoms with Crippen LogP contribution in [0.4, 0.5) is 0 Å². The molecule has 0 aromatic carbocycles. The van der Waals surface area contributed by atoms with Gasteiger partial charge in [0.15, 0.2) is 11.8 Å². The van der Waals surface area contributed by atoms with Crippen molar-refractivity contribution in [3.63, 3.8) is 0 Å². The van der Waals surface area contributed by atoms with Crippen molar-refractivity contribution < 1.29 is 14.3 Å². The largest absolute Gasteiger partial charge is 0.624 e. The Labute approximate surface area is 77.8 Å². The SMILES string of the molecule is COC(=O)CC1CCCC(C)=[N+]1[O-]. The molecule has 0 aliphatic carbocycles. The molecule has 0 N–H and O–H groups in total. The molecule has 4 nitrogen and oxygen atoms in total. The number of carbonyl (C=O) groups is 1. The van der Waals surface area contributed by atoms with E-state index >= 15 is 0 Å². The van der Waals surface area contributed by atoms with Crippen LogP contribution in [0.1, 0.15) is 32.6 Å². The zero-order valence-electron chi connectivity index (χ0n) is 8.08. The highest BCUT2D eigenvalue weighted by Crippen LogP contribution is 2.15. The summed E-state index contributed by atoms with van der Waals surface area (Å²) in [7, 11) is 1.34. The molecule has 1 atom stereocenters. The molecule has 13 heavy (non-hydrogen) atoms. The van der Waals surface area contributed by atoms with Gasteiger partial charge in [0.1, 0.15) is 6.42 Å². The average molecular weight is 185 g/mol. The minimum Gasteiger partial charge on any atom is -0.624 e. The summed E-state index contributed by atoms with van der Waals surface area (Å²) in [6, 6.07) is -0.207. The summed E-state index contributed by atoms with van der Waals surface area (Å²) >= 11 is 0. The third kappa shape index (κ3) is 2.44. The third-order valence-corrected chi connectivity index (χ3v) is 2.41. The third-order valence-electron chi connectivity index (χ3n) is 2.41.